The van der Waals surface area contributed by atoms with Gasteiger partial charge in [0.1, 0.15) is 0 Å². The minimum absolute atomic E-state index is 0.175. The zero-order valence-electron chi connectivity index (χ0n) is 10.3. The van der Waals surface area contributed by atoms with E-state index in [9.17, 15) is 9.59 Å². The lowest BCUT2D eigenvalue weighted by molar-refractivity contribution is -0.153. The zero-order valence-corrected chi connectivity index (χ0v) is 11.1. The smallest absolute Gasteiger partial charge is 0.317 e. The van der Waals surface area contributed by atoms with Gasteiger partial charge >= 0.3 is 11.9 Å². The van der Waals surface area contributed by atoms with Crippen LogP contribution in [-0.4, -0.2) is 39.0 Å². The highest BCUT2D eigenvalue weighted by atomic mass is 32.3. The van der Waals surface area contributed by atoms with Crippen LogP contribution in [-0.2, 0) is 26.9 Å². The Morgan fingerprint density at radius 1 is 1.24 bits per heavy atom. The Labute approximate surface area is 102 Å². The molecule has 0 aromatic heterocycles. The lowest BCUT2D eigenvalue weighted by atomic mass is 10.0. The fourth-order valence-corrected chi connectivity index (χ4v) is 3.13. The van der Waals surface area contributed by atoms with Gasteiger partial charge in [0.15, 0.2) is 0 Å². The van der Waals surface area contributed by atoms with Crippen molar-refractivity contribution in [2.45, 2.75) is 19.3 Å². The van der Waals surface area contributed by atoms with Crippen LogP contribution < -0.4 is 0 Å². The SMILES string of the molecule is COS(CCCC1CC(=O)OC1=O)(OC)OC. The first-order valence-corrected chi connectivity index (χ1v) is 6.87. The van der Waals surface area contributed by atoms with Crippen molar-refractivity contribution < 1.29 is 26.9 Å². The van der Waals surface area contributed by atoms with Crippen LogP contribution in [0.5, 0.6) is 0 Å². The second kappa shape index (κ2) is 6.34. The monoisotopic (exact) mass is 266 g/mol. The number of carbonyl (C=O) groups is 2. The van der Waals surface area contributed by atoms with Crippen molar-refractivity contribution >= 4 is 22.8 Å². The van der Waals surface area contributed by atoms with Crippen molar-refractivity contribution in [2.75, 3.05) is 27.1 Å². The molecule has 1 aliphatic rings. The van der Waals surface area contributed by atoms with Crippen molar-refractivity contribution in [1.82, 2.24) is 0 Å². The first-order chi connectivity index (χ1) is 8.06. The van der Waals surface area contributed by atoms with Crippen LogP contribution in [0.3, 0.4) is 0 Å². The van der Waals surface area contributed by atoms with Gasteiger partial charge < -0.3 is 4.74 Å². The number of rotatable bonds is 7. The van der Waals surface area contributed by atoms with Gasteiger partial charge in [-0.1, -0.05) is 0 Å². The maximum atomic E-state index is 11.2. The van der Waals surface area contributed by atoms with Gasteiger partial charge in [0.2, 0.25) is 0 Å². The molecule has 0 aliphatic carbocycles. The standard InChI is InChI=1S/C10H18O6S/c1-13-17(14-2,15-3)6-4-5-8-7-9(11)16-10(8)12/h8H,4-7H2,1-3H3. The van der Waals surface area contributed by atoms with E-state index in [1.165, 1.54) is 21.3 Å². The molecule has 0 spiro atoms. The van der Waals surface area contributed by atoms with Crippen LogP contribution in [0.4, 0.5) is 0 Å². The lowest BCUT2D eigenvalue weighted by Crippen LogP contribution is -2.14. The van der Waals surface area contributed by atoms with E-state index in [1.54, 1.807) is 0 Å². The van der Waals surface area contributed by atoms with Crippen LogP contribution in [0, 0.1) is 5.92 Å². The summed E-state index contributed by atoms with van der Waals surface area (Å²) in [5.74, 6) is -0.633. The van der Waals surface area contributed by atoms with Crippen LogP contribution in [0.15, 0.2) is 0 Å². The molecule has 1 rings (SSSR count). The van der Waals surface area contributed by atoms with Gasteiger partial charge in [0.05, 0.1) is 44.5 Å². The summed E-state index contributed by atoms with van der Waals surface area (Å²) in [6.45, 7) is 0. The fourth-order valence-electron chi connectivity index (χ4n) is 1.70. The molecule has 1 saturated heterocycles. The topological polar surface area (TPSA) is 71.1 Å². The molecule has 0 aromatic carbocycles. The average Bonchev–Trinajstić information content (AvgIpc) is 2.64. The summed E-state index contributed by atoms with van der Waals surface area (Å²) in [6.07, 6.45) is 1.43. The molecule has 100 valence electrons. The maximum Gasteiger partial charge on any atom is 0.317 e. The van der Waals surface area contributed by atoms with Gasteiger partial charge in [-0.15, -0.1) is 0 Å². The molecular formula is C10H18O6S. The summed E-state index contributed by atoms with van der Waals surface area (Å²) < 4.78 is 20.1. The van der Waals surface area contributed by atoms with E-state index in [4.69, 9.17) is 12.5 Å². The molecule has 0 amide bonds. The summed E-state index contributed by atoms with van der Waals surface area (Å²) in [5.41, 5.74) is 0. The Bertz CT molecular complexity index is 280. The van der Waals surface area contributed by atoms with Crippen molar-refractivity contribution in [3.8, 4) is 0 Å². The summed E-state index contributed by atoms with van der Waals surface area (Å²) in [6, 6.07) is 0. The first kappa shape index (κ1) is 14.4. The quantitative estimate of drug-likeness (QED) is 0.511. The van der Waals surface area contributed by atoms with E-state index in [1.807, 2.05) is 0 Å². The molecule has 0 aromatic rings. The number of carbonyl (C=O) groups excluding carboxylic acids is 2. The highest BCUT2D eigenvalue weighted by Gasteiger charge is 2.33. The van der Waals surface area contributed by atoms with Crippen molar-refractivity contribution in [1.29, 1.82) is 0 Å². The molecule has 1 fully saturated rings. The number of ether oxygens (including phenoxy) is 1. The largest absolute Gasteiger partial charge is 0.393 e. The third kappa shape index (κ3) is 3.67. The van der Waals surface area contributed by atoms with Gasteiger partial charge in [-0.25, -0.2) is 0 Å². The molecule has 17 heavy (non-hydrogen) atoms. The predicted molar refractivity (Wildman–Crippen MR) is 61.9 cm³/mol. The molecule has 0 saturated carbocycles. The highest BCUT2D eigenvalue weighted by Crippen LogP contribution is 2.50. The molecule has 1 aliphatic heterocycles. The summed E-state index contributed by atoms with van der Waals surface area (Å²) >= 11 is 0. The Morgan fingerprint density at radius 3 is 2.24 bits per heavy atom. The number of esters is 2. The van der Waals surface area contributed by atoms with Crippen LogP contribution >= 0.6 is 10.9 Å². The normalized spacial score (nSPS) is 21.7. The van der Waals surface area contributed by atoms with Gasteiger partial charge in [0.25, 0.3) is 0 Å². The third-order valence-corrected chi connectivity index (χ3v) is 4.98. The number of hydrogen-bond donors (Lipinski definition) is 0. The van der Waals surface area contributed by atoms with Crippen LogP contribution in [0.2, 0.25) is 0 Å². The van der Waals surface area contributed by atoms with Gasteiger partial charge in [0, 0.05) is 5.75 Å². The lowest BCUT2D eigenvalue weighted by Gasteiger charge is -2.33. The van der Waals surface area contributed by atoms with E-state index >= 15 is 0 Å². The molecule has 1 heterocycles. The molecule has 1 atom stereocenters. The minimum Gasteiger partial charge on any atom is -0.393 e. The van der Waals surface area contributed by atoms with Crippen LogP contribution in [0.1, 0.15) is 19.3 Å². The Balaban J connectivity index is 2.36. The van der Waals surface area contributed by atoms with Crippen molar-refractivity contribution in [3.05, 3.63) is 0 Å². The van der Waals surface area contributed by atoms with E-state index < -0.39 is 22.8 Å². The molecule has 7 heteroatoms. The Hall–Kier alpha value is -0.630. The molecule has 0 radical (unpaired) electrons. The number of cyclic esters (lactones) is 2. The number of hydrogen-bond acceptors (Lipinski definition) is 6. The van der Waals surface area contributed by atoms with Gasteiger partial charge in [-0.2, -0.15) is 0 Å². The highest BCUT2D eigenvalue weighted by molar-refractivity contribution is 8.21. The Morgan fingerprint density at radius 2 is 1.82 bits per heavy atom. The first-order valence-electron chi connectivity index (χ1n) is 5.29. The summed E-state index contributed by atoms with van der Waals surface area (Å²) in [7, 11) is 2.60. The van der Waals surface area contributed by atoms with Crippen molar-refractivity contribution in [3.63, 3.8) is 0 Å². The summed E-state index contributed by atoms with van der Waals surface area (Å²) in [5, 5.41) is 0. The van der Waals surface area contributed by atoms with Crippen molar-refractivity contribution in [2.24, 2.45) is 5.92 Å². The van der Waals surface area contributed by atoms with E-state index in [0.29, 0.717) is 18.6 Å². The predicted octanol–water partition coefficient (Wildman–Crippen LogP) is 1.35. The minimum atomic E-state index is -1.97. The maximum absolute atomic E-state index is 11.2. The molecule has 0 N–H and O–H groups in total. The van der Waals surface area contributed by atoms with Gasteiger partial charge in [-0.05, 0) is 12.8 Å². The van der Waals surface area contributed by atoms with E-state index in [0.717, 1.165) is 0 Å². The van der Waals surface area contributed by atoms with Gasteiger partial charge in [-0.3, -0.25) is 22.1 Å². The second-order valence-corrected chi connectivity index (χ2v) is 6.12. The molecule has 6 nitrogen and oxygen atoms in total. The molecular weight excluding hydrogens is 248 g/mol. The third-order valence-electron chi connectivity index (χ3n) is 2.67. The second-order valence-electron chi connectivity index (χ2n) is 3.60. The fraction of sp³-hybridized carbons (Fsp3) is 0.800. The van der Waals surface area contributed by atoms with E-state index in [-0.39, 0.29) is 12.3 Å². The van der Waals surface area contributed by atoms with E-state index in [2.05, 4.69) is 4.74 Å². The Kier molecular flexibility index (Phi) is 5.38. The summed E-state index contributed by atoms with van der Waals surface area (Å²) in [4.78, 5) is 22.1. The van der Waals surface area contributed by atoms with Crippen LogP contribution in [0.25, 0.3) is 0 Å². The zero-order chi connectivity index (χ0) is 12.9. The average molecular weight is 266 g/mol. The molecule has 1 unspecified atom stereocenters. The molecule has 0 bridgehead atoms.